The summed E-state index contributed by atoms with van der Waals surface area (Å²) in [7, 11) is -3.59. The van der Waals surface area contributed by atoms with Gasteiger partial charge in [0.2, 0.25) is 15.9 Å². The van der Waals surface area contributed by atoms with E-state index >= 15 is 0 Å². The highest BCUT2D eigenvalue weighted by Gasteiger charge is 2.24. The molecular weight excluding hydrogens is 396 g/mol. The Bertz CT molecular complexity index is 1000. The number of sulfonamides is 1. The molecule has 1 N–H and O–H groups in total. The summed E-state index contributed by atoms with van der Waals surface area (Å²) in [5.41, 5.74) is 5.34. The van der Waals surface area contributed by atoms with Crippen LogP contribution in [0.25, 0.3) is 0 Å². The second-order valence-electron chi connectivity index (χ2n) is 8.02. The number of fused-ring (bicyclic) bond motifs is 1. The van der Waals surface area contributed by atoms with Crippen LogP contribution < -0.4 is 9.62 Å². The Labute approximate surface area is 180 Å². The number of amides is 1. The summed E-state index contributed by atoms with van der Waals surface area (Å²) < 4.78 is 26.1. The van der Waals surface area contributed by atoms with Gasteiger partial charge in [0.25, 0.3) is 0 Å². The standard InChI is InChI=1S/C24H32N2O3S/c1-4-18-10-8-9-13-23(18)26(30(3,28)29)17-24(27)25-22(5-2)21-15-14-19-11-6-7-12-20(19)16-21/h8-10,13-16,22H,4-7,11-12,17H2,1-3H3,(H,25,27)/t22-/m1/s1. The van der Waals surface area contributed by atoms with Crippen LogP contribution in [0.5, 0.6) is 0 Å². The summed E-state index contributed by atoms with van der Waals surface area (Å²) in [6.45, 7) is 3.78. The Kier molecular flexibility index (Phi) is 7.19. The maximum atomic E-state index is 12.9. The van der Waals surface area contributed by atoms with Crippen LogP contribution in [-0.2, 0) is 34.1 Å². The first-order chi connectivity index (χ1) is 14.3. The molecule has 0 fully saturated rings. The van der Waals surface area contributed by atoms with Gasteiger partial charge in [-0.2, -0.15) is 0 Å². The lowest BCUT2D eigenvalue weighted by Gasteiger charge is -2.26. The summed E-state index contributed by atoms with van der Waals surface area (Å²) in [5.74, 6) is -0.295. The average Bonchev–Trinajstić information content (AvgIpc) is 2.74. The third-order valence-electron chi connectivity index (χ3n) is 5.85. The average molecular weight is 429 g/mol. The highest BCUT2D eigenvalue weighted by atomic mass is 32.2. The normalized spacial score (nSPS) is 14.6. The van der Waals surface area contributed by atoms with E-state index in [1.165, 1.54) is 28.3 Å². The van der Waals surface area contributed by atoms with Crippen LogP contribution in [0.4, 0.5) is 5.69 Å². The number of rotatable bonds is 8. The molecule has 0 aliphatic heterocycles. The van der Waals surface area contributed by atoms with E-state index in [2.05, 4.69) is 23.5 Å². The van der Waals surface area contributed by atoms with Crippen LogP contribution >= 0.6 is 0 Å². The van der Waals surface area contributed by atoms with E-state index in [0.717, 1.165) is 36.6 Å². The Morgan fingerprint density at radius 1 is 1.07 bits per heavy atom. The molecule has 0 radical (unpaired) electrons. The van der Waals surface area contributed by atoms with Crippen molar-refractivity contribution in [2.45, 2.75) is 58.4 Å². The predicted octanol–water partition coefficient (Wildman–Crippen LogP) is 4.16. The Morgan fingerprint density at radius 3 is 2.43 bits per heavy atom. The first-order valence-electron chi connectivity index (χ1n) is 10.8. The Morgan fingerprint density at radius 2 is 1.77 bits per heavy atom. The number of nitrogens with zero attached hydrogens (tertiary/aromatic N) is 1. The van der Waals surface area contributed by atoms with Gasteiger partial charge in [0.15, 0.2) is 0 Å². The van der Waals surface area contributed by atoms with Crippen molar-refractivity contribution in [2.24, 2.45) is 0 Å². The zero-order valence-electron chi connectivity index (χ0n) is 18.1. The minimum atomic E-state index is -3.59. The van der Waals surface area contributed by atoms with Crippen LogP contribution in [0.15, 0.2) is 42.5 Å². The molecule has 0 saturated carbocycles. The molecular formula is C24H32N2O3S. The quantitative estimate of drug-likeness (QED) is 0.686. The van der Waals surface area contributed by atoms with Gasteiger partial charge in [0, 0.05) is 0 Å². The summed E-state index contributed by atoms with van der Waals surface area (Å²) in [6, 6.07) is 13.7. The van der Waals surface area contributed by atoms with Gasteiger partial charge in [0.05, 0.1) is 18.0 Å². The van der Waals surface area contributed by atoms with Crippen LogP contribution in [0.2, 0.25) is 0 Å². The van der Waals surface area contributed by atoms with Crippen molar-refractivity contribution in [1.29, 1.82) is 0 Å². The van der Waals surface area contributed by atoms with E-state index in [0.29, 0.717) is 12.1 Å². The molecule has 3 rings (SSSR count). The molecule has 0 heterocycles. The maximum absolute atomic E-state index is 12.9. The maximum Gasteiger partial charge on any atom is 0.241 e. The molecule has 162 valence electrons. The molecule has 2 aromatic carbocycles. The molecule has 1 atom stereocenters. The molecule has 0 saturated heterocycles. The van der Waals surface area contributed by atoms with Gasteiger partial charge >= 0.3 is 0 Å². The van der Waals surface area contributed by atoms with Crippen molar-refractivity contribution in [1.82, 2.24) is 5.32 Å². The highest BCUT2D eigenvalue weighted by Crippen LogP contribution is 2.27. The number of anilines is 1. The molecule has 2 aromatic rings. The largest absolute Gasteiger partial charge is 0.348 e. The molecule has 30 heavy (non-hydrogen) atoms. The fourth-order valence-corrected chi connectivity index (χ4v) is 5.08. The molecule has 1 aliphatic carbocycles. The lowest BCUT2D eigenvalue weighted by atomic mass is 9.89. The van der Waals surface area contributed by atoms with Gasteiger partial charge in [-0.05, 0) is 66.8 Å². The van der Waals surface area contributed by atoms with Crippen molar-refractivity contribution >= 4 is 21.6 Å². The third kappa shape index (κ3) is 5.22. The zero-order valence-corrected chi connectivity index (χ0v) is 19.0. The van der Waals surface area contributed by atoms with Gasteiger partial charge in [-0.15, -0.1) is 0 Å². The highest BCUT2D eigenvalue weighted by molar-refractivity contribution is 7.92. The minimum absolute atomic E-state index is 0.132. The Balaban J connectivity index is 1.79. The van der Waals surface area contributed by atoms with E-state index in [4.69, 9.17) is 0 Å². The van der Waals surface area contributed by atoms with Gasteiger partial charge in [-0.1, -0.05) is 50.2 Å². The predicted molar refractivity (Wildman–Crippen MR) is 122 cm³/mol. The lowest BCUT2D eigenvalue weighted by molar-refractivity contribution is -0.120. The number of carbonyl (C=O) groups is 1. The third-order valence-corrected chi connectivity index (χ3v) is 6.97. The van der Waals surface area contributed by atoms with Crippen molar-refractivity contribution in [3.63, 3.8) is 0 Å². The molecule has 0 spiro atoms. The summed E-state index contributed by atoms with van der Waals surface area (Å²) in [5, 5.41) is 3.05. The molecule has 1 amide bonds. The minimum Gasteiger partial charge on any atom is -0.348 e. The van der Waals surface area contributed by atoms with Gasteiger partial charge in [-0.25, -0.2) is 8.42 Å². The molecule has 0 unspecified atom stereocenters. The molecule has 0 bridgehead atoms. The van der Waals surface area contributed by atoms with Crippen LogP contribution in [-0.4, -0.2) is 27.1 Å². The number of carbonyl (C=O) groups excluding carboxylic acids is 1. The first kappa shape index (κ1) is 22.3. The molecule has 0 aromatic heterocycles. The van der Waals surface area contributed by atoms with E-state index < -0.39 is 10.0 Å². The van der Waals surface area contributed by atoms with Crippen molar-refractivity contribution in [2.75, 3.05) is 17.1 Å². The fraction of sp³-hybridized carbons (Fsp3) is 0.458. The zero-order chi connectivity index (χ0) is 21.7. The van der Waals surface area contributed by atoms with E-state index in [1.807, 2.05) is 26.0 Å². The van der Waals surface area contributed by atoms with E-state index in [1.54, 1.807) is 12.1 Å². The summed E-state index contributed by atoms with van der Waals surface area (Å²) >= 11 is 0. The van der Waals surface area contributed by atoms with Gasteiger partial charge < -0.3 is 5.32 Å². The second kappa shape index (κ2) is 9.65. The van der Waals surface area contributed by atoms with E-state index in [-0.39, 0.29) is 18.5 Å². The Hall–Kier alpha value is -2.34. The van der Waals surface area contributed by atoms with Crippen LogP contribution in [0.3, 0.4) is 0 Å². The number of aryl methyl sites for hydroxylation is 3. The molecule has 6 heteroatoms. The van der Waals surface area contributed by atoms with E-state index in [9.17, 15) is 13.2 Å². The SMILES string of the molecule is CCc1ccccc1N(CC(=O)N[C@H](CC)c1ccc2c(c1)CCCC2)S(C)(=O)=O. The van der Waals surface area contributed by atoms with Crippen LogP contribution in [0, 0.1) is 0 Å². The van der Waals surface area contributed by atoms with Crippen molar-refractivity contribution in [3.8, 4) is 0 Å². The topological polar surface area (TPSA) is 66.5 Å². The second-order valence-corrected chi connectivity index (χ2v) is 9.92. The smallest absolute Gasteiger partial charge is 0.241 e. The molecule has 1 aliphatic rings. The number of hydrogen-bond acceptors (Lipinski definition) is 3. The molecule has 5 nitrogen and oxygen atoms in total. The van der Waals surface area contributed by atoms with Gasteiger partial charge in [-0.3, -0.25) is 9.10 Å². The first-order valence-corrected chi connectivity index (χ1v) is 12.6. The van der Waals surface area contributed by atoms with Crippen molar-refractivity contribution < 1.29 is 13.2 Å². The number of para-hydroxylation sites is 1. The lowest BCUT2D eigenvalue weighted by Crippen LogP contribution is -2.42. The van der Waals surface area contributed by atoms with Gasteiger partial charge in [0.1, 0.15) is 6.54 Å². The summed E-state index contributed by atoms with van der Waals surface area (Å²) in [6.07, 6.45) is 7.24. The summed E-state index contributed by atoms with van der Waals surface area (Å²) in [4.78, 5) is 12.9. The van der Waals surface area contributed by atoms with Crippen LogP contribution in [0.1, 0.15) is 61.4 Å². The monoisotopic (exact) mass is 428 g/mol. The fourth-order valence-electron chi connectivity index (χ4n) is 4.20. The van der Waals surface area contributed by atoms with Crippen molar-refractivity contribution in [3.05, 3.63) is 64.7 Å². The number of benzene rings is 2. The number of nitrogens with one attached hydrogen (secondary N) is 1. The number of hydrogen-bond donors (Lipinski definition) is 1.